The van der Waals surface area contributed by atoms with Gasteiger partial charge in [0.1, 0.15) is 0 Å². The highest BCUT2D eigenvalue weighted by atomic mass is 16.3. The molecule has 0 aliphatic carbocycles. The normalized spacial score (nSPS) is 18.0. The molecule has 1 unspecified atom stereocenters. The van der Waals surface area contributed by atoms with Crippen molar-refractivity contribution in [2.75, 3.05) is 19.6 Å². The quantitative estimate of drug-likeness (QED) is 0.878. The second kappa shape index (κ2) is 7.76. The lowest BCUT2D eigenvalue weighted by atomic mass is 9.98. The van der Waals surface area contributed by atoms with Gasteiger partial charge < -0.3 is 10.0 Å². The molecule has 2 aromatic rings. The third-order valence-electron chi connectivity index (χ3n) is 5.00. The summed E-state index contributed by atoms with van der Waals surface area (Å²) in [5.41, 5.74) is 3.44. The molecular weight excluding hydrogens is 282 g/mol. The molecule has 0 saturated carbocycles. The predicted molar refractivity (Wildman–Crippen MR) is 96.3 cm³/mol. The highest BCUT2D eigenvalue weighted by molar-refractivity contribution is 5.63. The van der Waals surface area contributed by atoms with E-state index in [9.17, 15) is 5.11 Å². The number of nitrogens with zero attached hydrogens (tertiary/aromatic N) is 1. The average molecular weight is 309 g/mol. The van der Waals surface area contributed by atoms with E-state index in [1.54, 1.807) is 0 Å². The lowest BCUT2D eigenvalue weighted by molar-refractivity contribution is 0.125. The highest BCUT2D eigenvalue weighted by Crippen LogP contribution is 2.24. The van der Waals surface area contributed by atoms with Crippen molar-refractivity contribution in [2.45, 2.75) is 32.3 Å². The Bertz CT molecular complexity index is 585. The maximum atomic E-state index is 10.4. The number of aliphatic hydroxyl groups is 1. The summed E-state index contributed by atoms with van der Waals surface area (Å²) in [7, 11) is 0. The number of benzene rings is 2. The van der Waals surface area contributed by atoms with Gasteiger partial charge >= 0.3 is 0 Å². The predicted octanol–water partition coefficient (Wildman–Crippen LogP) is 4.51. The zero-order chi connectivity index (χ0) is 16.1. The van der Waals surface area contributed by atoms with Crippen molar-refractivity contribution in [1.82, 2.24) is 4.90 Å². The van der Waals surface area contributed by atoms with E-state index in [0.29, 0.717) is 0 Å². The van der Waals surface area contributed by atoms with Crippen LogP contribution in [0.25, 0.3) is 11.1 Å². The smallest absolute Gasteiger partial charge is 0.0802 e. The Hall–Kier alpha value is -1.64. The number of rotatable bonds is 5. The van der Waals surface area contributed by atoms with Crippen LogP contribution < -0.4 is 0 Å². The molecule has 1 saturated heterocycles. The third kappa shape index (κ3) is 4.43. The summed E-state index contributed by atoms with van der Waals surface area (Å²) < 4.78 is 0. The zero-order valence-corrected chi connectivity index (χ0v) is 14.0. The van der Waals surface area contributed by atoms with Crippen LogP contribution in [0.4, 0.5) is 0 Å². The molecule has 0 spiro atoms. The Morgan fingerprint density at radius 3 is 2.22 bits per heavy atom. The molecule has 2 aromatic carbocycles. The molecule has 3 rings (SSSR count). The van der Waals surface area contributed by atoms with E-state index in [2.05, 4.69) is 60.4 Å². The molecular formula is C21H27NO. The van der Waals surface area contributed by atoms with E-state index in [4.69, 9.17) is 0 Å². The summed E-state index contributed by atoms with van der Waals surface area (Å²) in [4.78, 5) is 2.49. The maximum Gasteiger partial charge on any atom is 0.0802 e. The fraction of sp³-hybridized carbons (Fsp3) is 0.429. The van der Waals surface area contributed by atoms with Crippen molar-refractivity contribution in [3.05, 3.63) is 60.2 Å². The van der Waals surface area contributed by atoms with Crippen molar-refractivity contribution in [3.63, 3.8) is 0 Å². The Balaban J connectivity index is 1.54. The van der Waals surface area contributed by atoms with Gasteiger partial charge in [-0.05, 0) is 55.0 Å². The fourth-order valence-corrected chi connectivity index (χ4v) is 3.29. The van der Waals surface area contributed by atoms with E-state index in [-0.39, 0.29) is 6.10 Å². The molecule has 122 valence electrons. The summed E-state index contributed by atoms with van der Waals surface area (Å²) in [5, 5.41) is 10.4. The number of likely N-dealkylation sites (tertiary alicyclic amines) is 1. The summed E-state index contributed by atoms with van der Waals surface area (Å²) in [6, 6.07) is 18.7. The SMILES string of the molecule is CC1CCN(CCC(O)c2ccc(-c3ccccc3)cc2)CC1. The molecule has 1 N–H and O–H groups in total. The van der Waals surface area contributed by atoms with Crippen LogP contribution >= 0.6 is 0 Å². The Labute approximate surface area is 139 Å². The van der Waals surface area contributed by atoms with Crippen LogP contribution in [0.15, 0.2) is 54.6 Å². The number of hydrogen-bond donors (Lipinski definition) is 1. The molecule has 0 amide bonds. The second-order valence-electron chi connectivity index (χ2n) is 6.82. The van der Waals surface area contributed by atoms with E-state index in [1.165, 1.54) is 37.1 Å². The molecule has 0 radical (unpaired) electrons. The zero-order valence-electron chi connectivity index (χ0n) is 14.0. The summed E-state index contributed by atoms with van der Waals surface area (Å²) in [5.74, 6) is 0.863. The first-order valence-corrected chi connectivity index (χ1v) is 8.78. The Morgan fingerprint density at radius 1 is 0.957 bits per heavy atom. The monoisotopic (exact) mass is 309 g/mol. The van der Waals surface area contributed by atoms with Gasteiger partial charge in [-0.2, -0.15) is 0 Å². The van der Waals surface area contributed by atoms with E-state index in [0.717, 1.165) is 24.4 Å². The first-order chi connectivity index (χ1) is 11.2. The third-order valence-corrected chi connectivity index (χ3v) is 5.00. The lowest BCUT2D eigenvalue weighted by Gasteiger charge is -2.30. The summed E-state index contributed by atoms with van der Waals surface area (Å²) in [6.45, 7) is 5.69. The molecule has 2 nitrogen and oxygen atoms in total. The molecule has 0 bridgehead atoms. The van der Waals surface area contributed by atoms with E-state index < -0.39 is 0 Å². The minimum Gasteiger partial charge on any atom is -0.388 e. The van der Waals surface area contributed by atoms with Gasteiger partial charge in [-0.3, -0.25) is 0 Å². The maximum absolute atomic E-state index is 10.4. The van der Waals surface area contributed by atoms with Gasteiger partial charge in [-0.1, -0.05) is 61.5 Å². The van der Waals surface area contributed by atoms with Crippen LogP contribution in [0.1, 0.15) is 37.9 Å². The molecule has 0 aromatic heterocycles. The molecule has 1 heterocycles. The molecule has 1 fully saturated rings. The van der Waals surface area contributed by atoms with Crippen LogP contribution in [0, 0.1) is 5.92 Å². The van der Waals surface area contributed by atoms with Crippen molar-refractivity contribution in [1.29, 1.82) is 0 Å². The fourth-order valence-electron chi connectivity index (χ4n) is 3.29. The molecule has 1 aliphatic heterocycles. The van der Waals surface area contributed by atoms with Crippen molar-refractivity contribution in [3.8, 4) is 11.1 Å². The average Bonchev–Trinajstić information content (AvgIpc) is 2.62. The molecule has 23 heavy (non-hydrogen) atoms. The van der Waals surface area contributed by atoms with Crippen molar-refractivity contribution in [2.24, 2.45) is 5.92 Å². The molecule has 2 heteroatoms. The second-order valence-corrected chi connectivity index (χ2v) is 6.82. The van der Waals surface area contributed by atoms with Crippen LogP contribution in [-0.2, 0) is 0 Å². The van der Waals surface area contributed by atoms with Gasteiger partial charge in [-0.25, -0.2) is 0 Å². The first kappa shape index (κ1) is 16.2. The minimum atomic E-state index is -0.362. The topological polar surface area (TPSA) is 23.5 Å². The van der Waals surface area contributed by atoms with Crippen LogP contribution in [0.3, 0.4) is 0 Å². The van der Waals surface area contributed by atoms with E-state index >= 15 is 0 Å². The Morgan fingerprint density at radius 2 is 1.57 bits per heavy atom. The van der Waals surface area contributed by atoms with Gasteiger partial charge in [0.25, 0.3) is 0 Å². The lowest BCUT2D eigenvalue weighted by Crippen LogP contribution is -2.34. The number of hydrogen-bond acceptors (Lipinski definition) is 2. The van der Waals surface area contributed by atoms with Crippen molar-refractivity contribution >= 4 is 0 Å². The highest BCUT2D eigenvalue weighted by Gasteiger charge is 2.17. The summed E-state index contributed by atoms with van der Waals surface area (Å²) >= 11 is 0. The van der Waals surface area contributed by atoms with Gasteiger partial charge in [-0.15, -0.1) is 0 Å². The standard InChI is InChI=1S/C21H27NO/c1-17-11-14-22(15-12-17)16-13-21(23)20-9-7-19(8-10-20)18-5-3-2-4-6-18/h2-10,17,21,23H,11-16H2,1H3. The Kier molecular flexibility index (Phi) is 5.47. The number of piperidine rings is 1. The van der Waals surface area contributed by atoms with Gasteiger partial charge in [0.2, 0.25) is 0 Å². The molecule has 1 aliphatic rings. The minimum absolute atomic E-state index is 0.362. The first-order valence-electron chi connectivity index (χ1n) is 8.78. The van der Waals surface area contributed by atoms with Crippen LogP contribution in [0.2, 0.25) is 0 Å². The molecule has 1 atom stereocenters. The van der Waals surface area contributed by atoms with E-state index in [1.807, 2.05) is 6.07 Å². The van der Waals surface area contributed by atoms with Crippen LogP contribution in [0.5, 0.6) is 0 Å². The largest absolute Gasteiger partial charge is 0.388 e. The van der Waals surface area contributed by atoms with Gasteiger partial charge in [0.05, 0.1) is 6.10 Å². The van der Waals surface area contributed by atoms with Crippen LogP contribution in [-0.4, -0.2) is 29.6 Å². The summed E-state index contributed by atoms with van der Waals surface area (Å²) in [6.07, 6.45) is 3.04. The van der Waals surface area contributed by atoms with Crippen molar-refractivity contribution < 1.29 is 5.11 Å². The van der Waals surface area contributed by atoms with Gasteiger partial charge in [0.15, 0.2) is 0 Å². The number of aliphatic hydroxyl groups excluding tert-OH is 1. The van der Waals surface area contributed by atoms with Gasteiger partial charge in [0, 0.05) is 6.54 Å².